The van der Waals surface area contributed by atoms with Crippen molar-refractivity contribution < 1.29 is 4.79 Å². The Kier molecular flexibility index (Phi) is 4.03. The number of thiazole rings is 1. The molecule has 0 bridgehead atoms. The van der Waals surface area contributed by atoms with Gasteiger partial charge in [-0.25, -0.2) is 4.98 Å². The molecule has 0 spiro atoms. The molecule has 1 atom stereocenters. The molecule has 1 fully saturated rings. The van der Waals surface area contributed by atoms with Gasteiger partial charge in [0.15, 0.2) is 0 Å². The lowest BCUT2D eigenvalue weighted by atomic mass is 10.0. The minimum atomic E-state index is 0.00747. The molecule has 0 aliphatic carbocycles. The van der Waals surface area contributed by atoms with Crippen LogP contribution in [0.1, 0.15) is 23.5 Å². The first-order valence-corrected chi connectivity index (χ1v) is 8.00. The molecule has 0 saturated carbocycles. The Labute approximate surface area is 128 Å². The summed E-state index contributed by atoms with van der Waals surface area (Å²) in [6.45, 7) is 5.61. The summed E-state index contributed by atoms with van der Waals surface area (Å²) in [7, 11) is 0. The van der Waals surface area contributed by atoms with Crippen LogP contribution in [-0.2, 0) is 4.79 Å². The number of nitrogens with one attached hydrogen (secondary N) is 2. The average Bonchev–Trinajstić information content (AvgIpc) is 2.80. The lowest BCUT2D eigenvalue weighted by Crippen LogP contribution is -2.51. The molecule has 2 N–H and O–H groups in total. The number of aromatic nitrogens is 1. The molecule has 1 aromatic carbocycles. The fourth-order valence-corrected chi connectivity index (χ4v) is 3.46. The third kappa shape index (κ3) is 2.99. The number of nitrogens with zero attached hydrogens (tertiary/aromatic N) is 1. The van der Waals surface area contributed by atoms with Gasteiger partial charge in [0.05, 0.1) is 22.5 Å². The summed E-state index contributed by atoms with van der Waals surface area (Å²) >= 11 is 1.66. The van der Waals surface area contributed by atoms with E-state index in [1.54, 1.807) is 11.3 Å². The van der Waals surface area contributed by atoms with Crippen LogP contribution in [-0.4, -0.2) is 24.0 Å². The topological polar surface area (TPSA) is 54.0 Å². The van der Waals surface area contributed by atoms with E-state index in [4.69, 9.17) is 0 Å². The van der Waals surface area contributed by atoms with Crippen molar-refractivity contribution in [2.75, 3.05) is 13.1 Å². The molecule has 1 aliphatic heterocycles. The molecular formula is C16H19N3OS. The Morgan fingerprint density at radius 1 is 1.38 bits per heavy atom. The van der Waals surface area contributed by atoms with E-state index in [0.29, 0.717) is 0 Å². The zero-order valence-electron chi connectivity index (χ0n) is 12.2. The van der Waals surface area contributed by atoms with Crippen molar-refractivity contribution in [3.63, 3.8) is 0 Å². The highest BCUT2D eigenvalue weighted by Gasteiger charge is 2.27. The Morgan fingerprint density at radius 3 is 2.71 bits per heavy atom. The summed E-state index contributed by atoms with van der Waals surface area (Å²) in [6, 6.07) is 10.2. The van der Waals surface area contributed by atoms with Gasteiger partial charge in [-0.15, -0.1) is 11.3 Å². The van der Waals surface area contributed by atoms with Crippen molar-refractivity contribution in [3.05, 3.63) is 40.9 Å². The molecule has 1 amide bonds. The van der Waals surface area contributed by atoms with Crippen LogP contribution >= 0.6 is 11.3 Å². The largest absolute Gasteiger partial charge is 0.348 e. The summed E-state index contributed by atoms with van der Waals surface area (Å²) in [4.78, 5) is 17.8. The van der Waals surface area contributed by atoms with Gasteiger partial charge in [0.25, 0.3) is 0 Å². The van der Waals surface area contributed by atoms with E-state index in [9.17, 15) is 4.79 Å². The molecule has 2 aromatic rings. The number of benzene rings is 1. The Balaban J connectivity index is 1.76. The van der Waals surface area contributed by atoms with E-state index in [1.807, 2.05) is 32.0 Å². The summed E-state index contributed by atoms with van der Waals surface area (Å²) < 4.78 is 0. The Hall–Kier alpha value is -1.72. The van der Waals surface area contributed by atoms with Crippen molar-refractivity contribution >= 4 is 17.2 Å². The number of amides is 1. The standard InChI is InChI=1S/C16H19N3OS/c1-10(18-15(20)13-8-17-9-13)14-11(2)19-16(21-14)12-6-4-3-5-7-12/h3-7,10,13,17H,8-9H2,1-2H3,(H,18,20). The molecule has 1 unspecified atom stereocenters. The van der Waals surface area contributed by atoms with Gasteiger partial charge in [0, 0.05) is 18.7 Å². The third-order valence-corrected chi connectivity index (χ3v) is 5.15. The first-order chi connectivity index (χ1) is 10.1. The minimum absolute atomic E-state index is 0.00747. The van der Waals surface area contributed by atoms with Gasteiger partial charge in [-0.05, 0) is 13.8 Å². The van der Waals surface area contributed by atoms with Crippen LogP contribution in [0.4, 0.5) is 0 Å². The summed E-state index contributed by atoms with van der Waals surface area (Å²) in [6.07, 6.45) is 0. The smallest absolute Gasteiger partial charge is 0.226 e. The highest BCUT2D eigenvalue weighted by atomic mass is 32.1. The van der Waals surface area contributed by atoms with Crippen molar-refractivity contribution in [1.29, 1.82) is 0 Å². The molecule has 110 valence electrons. The van der Waals surface area contributed by atoms with Crippen LogP contribution < -0.4 is 10.6 Å². The van der Waals surface area contributed by atoms with Crippen LogP contribution in [0.15, 0.2) is 30.3 Å². The molecular weight excluding hydrogens is 282 g/mol. The second-order valence-corrected chi connectivity index (χ2v) is 6.45. The van der Waals surface area contributed by atoms with E-state index in [1.165, 1.54) is 0 Å². The van der Waals surface area contributed by atoms with Crippen molar-refractivity contribution in [3.8, 4) is 10.6 Å². The summed E-state index contributed by atoms with van der Waals surface area (Å²) in [5.74, 6) is 0.254. The van der Waals surface area contributed by atoms with E-state index in [0.717, 1.165) is 34.2 Å². The predicted molar refractivity (Wildman–Crippen MR) is 85.2 cm³/mol. The lowest BCUT2D eigenvalue weighted by molar-refractivity contribution is -0.127. The fourth-order valence-electron chi connectivity index (χ4n) is 2.39. The second kappa shape index (κ2) is 5.95. The molecule has 5 heteroatoms. The number of carbonyl (C=O) groups is 1. The van der Waals surface area contributed by atoms with Crippen LogP contribution in [0, 0.1) is 12.8 Å². The van der Waals surface area contributed by atoms with E-state index < -0.39 is 0 Å². The quantitative estimate of drug-likeness (QED) is 0.912. The van der Waals surface area contributed by atoms with Crippen molar-refractivity contribution in [2.24, 2.45) is 5.92 Å². The van der Waals surface area contributed by atoms with Gasteiger partial charge in [0.2, 0.25) is 5.91 Å². The number of aryl methyl sites for hydroxylation is 1. The van der Waals surface area contributed by atoms with Crippen LogP contribution in [0.25, 0.3) is 10.6 Å². The molecule has 1 saturated heterocycles. The number of rotatable bonds is 4. The van der Waals surface area contributed by atoms with Gasteiger partial charge in [-0.2, -0.15) is 0 Å². The van der Waals surface area contributed by atoms with Crippen molar-refractivity contribution in [1.82, 2.24) is 15.6 Å². The zero-order chi connectivity index (χ0) is 14.8. The lowest BCUT2D eigenvalue weighted by Gasteiger charge is -2.27. The maximum absolute atomic E-state index is 12.0. The van der Waals surface area contributed by atoms with Gasteiger partial charge < -0.3 is 10.6 Å². The third-order valence-electron chi connectivity index (χ3n) is 3.76. The van der Waals surface area contributed by atoms with Crippen LogP contribution in [0.3, 0.4) is 0 Å². The van der Waals surface area contributed by atoms with E-state index in [2.05, 4.69) is 27.8 Å². The first kappa shape index (κ1) is 14.2. The summed E-state index contributed by atoms with van der Waals surface area (Å²) in [5.41, 5.74) is 2.12. The molecule has 21 heavy (non-hydrogen) atoms. The molecule has 2 heterocycles. The van der Waals surface area contributed by atoms with Gasteiger partial charge in [-0.1, -0.05) is 30.3 Å². The fraction of sp³-hybridized carbons (Fsp3) is 0.375. The van der Waals surface area contributed by atoms with Crippen LogP contribution in [0.2, 0.25) is 0 Å². The van der Waals surface area contributed by atoms with Gasteiger partial charge in [-0.3, -0.25) is 4.79 Å². The maximum atomic E-state index is 12.0. The Bertz CT molecular complexity index is 634. The van der Waals surface area contributed by atoms with Gasteiger partial charge in [0.1, 0.15) is 5.01 Å². The Morgan fingerprint density at radius 2 is 2.10 bits per heavy atom. The van der Waals surface area contributed by atoms with Crippen LogP contribution in [0.5, 0.6) is 0 Å². The highest BCUT2D eigenvalue weighted by molar-refractivity contribution is 7.15. The average molecular weight is 301 g/mol. The summed E-state index contributed by atoms with van der Waals surface area (Å²) in [5, 5.41) is 7.23. The molecule has 0 radical (unpaired) electrons. The van der Waals surface area contributed by atoms with E-state index in [-0.39, 0.29) is 17.9 Å². The molecule has 3 rings (SSSR count). The SMILES string of the molecule is Cc1nc(-c2ccccc2)sc1C(C)NC(=O)C1CNC1. The molecule has 1 aliphatic rings. The van der Waals surface area contributed by atoms with Crippen molar-refractivity contribution in [2.45, 2.75) is 19.9 Å². The minimum Gasteiger partial charge on any atom is -0.348 e. The normalized spacial score (nSPS) is 16.3. The zero-order valence-corrected chi connectivity index (χ0v) is 13.0. The van der Waals surface area contributed by atoms with Gasteiger partial charge >= 0.3 is 0 Å². The maximum Gasteiger partial charge on any atom is 0.226 e. The highest BCUT2D eigenvalue weighted by Crippen LogP contribution is 2.31. The first-order valence-electron chi connectivity index (χ1n) is 7.19. The number of carbonyl (C=O) groups excluding carboxylic acids is 1. The second-order valence-electron chi connectivity index (χ2n) is 5.42. The number of hydrogen-bond donors (Lipinski definition) is 2. The molecule has 4 nitrogen and oxygen atoms in total. The van der Waals surface area contributed by atoms with E-state index >= 15 is 0 Å². The predicted octanol–water partition coefficient (Wildman–Crippen LogP) is 2.52. The number of hydrogen-bond acceptors (Lipinski definition) is 4. The monoisotopic (exact) mass is 301 g/mol. The molecule has 1 aromatic heterocycles.